The molecule has 0 spiro atoms. The summed E-state index contributed by atoms with van der Waals surface area (Å²) in [5.74, 6) is -0.208. The van der Waals surface area contributed by atoms with Crippen LogP contribution >= 0.6 is 0 Å². The van der Waals surface area contributed by atoms with E-state index < -0.39 is 5.82 Å². The molecule has 1 fully saturated rings. The van der Waals surface area contributed by atoms with Crippen molar-refractivity contribution in [2.75, 3.05) is 5.32 Å². The molecule has 1 aliphatic rings. The topological polar surface area (TPSA) is 145 Å². The number of halogens is 1. The second-order valence-electron chi connectivity index (χ2n) is 10.3. The maximum atomic E-state index is 14.0. The van der Waals surface area contributed by atoms with Gasteiger partial charge in [-0.3, -0.25) is 19.9 Å². The monoisotopic (exact) mass is 548 g/mol. The summed E-state index contributed by atoms with van der Waals surface area (Å²) in [5.41, 5.74) is 6.05. The summed E-state index contributed by atoms with van der Waals surface area (Å²) < 4.78 is 14.0. The van der Waals surface area contributed by atoms with Gasteiger partial charge in [0.2, 0.25) is 5.91 Å². The SMILES string of the molecule is O=C(Nc1cncc(-c2ccc3[nH]nc(-c4nc5c(-c6cc(O)cc(F)c6)cncc5[nH]4)c3n2)c1)C1CCCCC1. The van der Waals surface area contributed by atoms with Gasteiger partial charge in [0.05, 0.1) is 40.3 Å². The van der Waals surface area contributed by atoms with E-state index in [0.717, 1.165) is 37.3 Å². The van der Waals surface area contributed by atoms with Crippen LogP contribution in [0.15, 0.2) is 61.2 Å². The van der Waals surface area contributed by atoms with Gasteiger partial charge in [0.25, 0.3) is 0 Å². The van der Waals surface area contributed by atoms with E-state index in [1.165, 1.54) is 18.6 Å². The van der Waals surface area contributed by atoms with Gasteiger partial charge in [-0.1, -0.05) is 19.3 Å². The summed E-state index contributed by atoms with van der Waals surface area (Å²) >= 11 is 0. The molecule has 0 aliphatic heterocycles. The molecule has 11 heteroatoms. The van der Waals surface area contributed by atoms with E-state index in [-0.39, 0.29) is 17.6 Å². The fourth-order valence-corrected chi connectivity index (χ4v) is 5.47. The van der Waals surface area contributed by atoms with Crippen LogP contribution in [0.2, 0.25) is 0 Å². The highest BCUT2D eigenvalue weighted by molar-refractivity contribution is 5.96. The highest BCUT2D eigenvalue weighted by atomic mass is 19.1. The Balaban J connectivity index is 1.23. The predicted molar refractivity (Wildman–Crippen MR) is 152 cm³/mol. The lowest BCUT2D eigenvalue weighted by molar-refractivity contribution is -0.120. The number of hydrogen-bond donors (Lipinski definition) is 4. The van der Waals surface area contributed by atoms with Gasteiger partial charge in [0, 0.05) is 35.5 Å². The Morgan fingerprint density at radius 2 is 1.76 bits per heavy atom. The molecule has 7 rings (SSSR count). The molecule has 0 atom stereocenters. The average molecular weight is 549 g/mol. The number of H-pyrrole nitrogens is 2. The Labute approximate surface area is 233 Å². The molecule has 1 aromatic carbocycles. The minimum Gasteiger partial charge on any atom is -0.508 e. The molecule has 10 nitrogen and oxygen atoms in total. The third-order valence-corrected chi connectivity index (χ3v) is 7.50. The highest BCUT2D eigenvalue weighted by Crippen LogP contribution is 2.33. The first-order chi connectivity index (χ1) is 20.0. The molecule has 41 heavy (non-hydrogen) atoms. The number of benzene rings is 1. The minimum atomic E-state index is -0.560. The quantitative estimate of drug-likeness (QED) is 0.207. The summed E-state index contributed by atoms with van der Waals surface area (Å²) in [6.45, 7) is 0. The van der Waals surface area contributed by atoms with Crippen molar-refractivity contribution in [3.63, 3.8) is 0 Å². The van der Waals surface area contributed by atoms with Gasteiger partial charge < -0.3 is 15.4 Å². The first-order valence-electron chi connectivity index (χ1n) is 13.5. The molecule has 0 radical (unpaired) electrons. The van der Waals surface area contributed by atoms with Crippen molar-refractivity contribution in [2.45, 2.75) is 32.1 Å². The number of nitrogens with zero attached hydrogens (tertiary/aromatic N) is 5. The summed E-state index contributed by atoms with van der Waals surface area (Å²) in [4.78, 5) is 34.2. The fraction of sp³-hybridized carbons (Fsp3) is 0.200. The van der Waals surface area contributed by atoms with Gasteiger partial charge in [-0.05, 0) is 48.7 Å². The Hall–Kier alpha value is -5.19. The molecule has 5 heterocycles. The van der Waals surface area contributed by atoms with Crippen LogP contribution in [0.25, 0.3) is 56.0 Å². The van der Waals surface area contributed by atoms with Crippen LogP contribution < -0.4 is 5.32 Å². The van der Waals surface area contributed by atoms with Crippen molar-refractivity contribution in [3.05, 3.63) is 67.0 Å². The van der Waals surface area contributed by atoms with Crippen molar-refractivity contribution in [2.24, 2.45) is 5.92 Å². The number of amides is 1. The smallest absolute Gasteiger partial charge is 0.227 e. The molecule has 1 saturated carbocycles. The Morgan fingerprint density at radius 1 is 0.902 bits per heavy atom. The third-order valence-electron chi connectivity index (χ3n) is 7.50. The Morgan fingerprint density at radius 3 is 2.61 bits per heavy atom. The summed E-state index contributed by atoms with van der Waals surface area (Å²) in [5, 5.41) is 20.4. The first kappa shape index (κ1) is 24.8. The number of nitrogens with one attached hydrogen (secondary N) is 3. The van der Waals surface area contributed by atoms with Crippen LogP contribution in [0.5, 0.6) is 5.75 Å². The van der Waals surface area contributed by atoms with E-state index in [2.05, 4.69) is 30.5 Å². The average Bonchev–Trinajstić information content (AvgIpc) is 3.61. The van der Waals surface area contributed by atoms with Crippen molar-refractivity contribution in [3.8, 4) is 39.7 Å². The number of phenolic OH excluding ortho intramolecular Hbond substituents is 1. The number of fused-ring (bicyclic) bond motifs is 2. The van der Waals surface area contributed by atoms with Crippen LogP contribution in [0.1, 0.15) is 32.1 Å². The second kappa shape index (κ2) is 10.1. The lowest BCUT2D eigenvalue weighted by Gasteiger charge is -2.20. The zero-order chi connectivity index (χ0) is 27.9. The third kappa shape index (κ3) is 4.75. The molecule has 204 valence electrons. The van der Waals surface area contributed by atoms with Gasteiger partial charge in [-0.2, -0.15) is 5.10 Å². The standard InChI is InChI=1S/C30H25FN8O2/c31-19-8-17(10-21(40)11-19)22-14-33-15-25-26(22)37-29(36-25)28-27-24(38-39-28)7-6-23(35-27)18-9-20(13-32-12-18)34-30(41)16-4-2-1-3-5-16/h6-16,40H,1-5H2,(H,34,41)(H,36,37)(H,38,39). The van der Waals surface area contributed by atoms with Crippen LogP contribution in [0.3, 0.4) is 0 Å². The van der Waals surface area contributed by atoms with Gasteiger partial charge in [-0.15, -0.1) is 0 Å². The van der Waals surface area contributed by atoms with E-state index in [4.69, 9.17) is 9.97 Å². The molecular weight excluding hydrogens is 523 g/mol. The van der Waals surface area contributed by atoms with Crippen LogP contribution in [-0.2, 0) is 4.79 Å². The highest BCUT2D eigenvalue weighted by Gasteiger charge is 2.22. The number of rotatable bonds is 5. The van der Waals surface area contributed by atoms with Crippen molar-refractivity contribution >= 4 is 33.7 Å². The Kier molecular flexibility index (Phi) is 6.11. The predicted octanol–water partition coefficient (Wildman–Crippen LogP) is 5.99. The van der Waals surface area contributed by atoms with Gasteiger partial charge in [0.15, 0.2) is 11.5 Å². The molecule has 1 aliphatic carbocycles. The van der Waals surface area contributed by atoms with E-state index in [1.54, 1.807) is 24.8 Å². The minimum absolute atomic E-state index is 0.0383. The zero-order valence-electron chi connectivity index (χ0n) is 21.9. The van der Waals surface area contributed by atoms with Crippen molar-refractivity contribution in [1.82, 2.24) is 35.1 Å². The van der Waals surface area contributed by atoms with Crippen LogP contribution in [-0.4, -0.2) is 46.1 Å². The number of aromatic hydroxyl groups is 1. The summed E-state index contributed by atoms with van der Waals surface area (Å²) in [6.07, 6.45) is 11.8. The molecule has 0 bridgehead atoms. The number of aromatic amines is 2. The Bertz CT molecular complexity index is 1900. The largest absolute Gasteiger partial charge is 0.508 e. The lowest BCUT2D eigenvalue weighted by atomic mass is 9.88. The molecule has 1 amide bonds. The van der Waals surface area contributed by atoms with Crippen LogP contribution in [0, 0.1) is 11.7 Å². The maximum Gasteiger partial charge on any atom is 0.227 e. The number of hydrogen-bond acceptors (Lipinski definition) is 7. The lowest BCUT2D eigenvalue weighted by Crippen LogP contribution is -2.24. The maximum absolute atomic E-state index is 14.0. The number of pyridine rings is 3. The molecular formula is C30H25FN8O2. The van der Waals surface area contributed by atoms with Crippen LogP contribution in [0.4, 0.5) is 10.1 Å². The first-order valence-corrected chi connectivity index (χ1v) is 13.5. The van der Waals surface area contributed by atoms with E-state index in [1.807, 2.05) is 18.2 Å². The molecule has 0 saturated heterocycles. The summed E-state index contributed by atoms with van der Waals surface area (Å²) in [6, 6.07) is 9.45. The molecule has 4 N–H and O–H groups in total. The van der Waals surface area contributed by atoms with Gasteiger partial charge >= 0.3 is 0 Å². The fourth-order valence-electron chi connectivity index (χ4n) is 5.47. The number of anilines is 1. The van der Waals surface area contributed by atoms with E-state index >= 15 is 0 Å². The number of carbonyl (C=O) groups is 1. The molecule has 6 aromatic rings. The van der Waals surface area contributed by atoms with E-state index in [9.17, 15) is 14.3 Å². The molecule has 0 unspecified atom stereocenters. The number of carbonyl (C=O) groups excluding carboxylic acids is 1. The molecule has 5 aromatic heterocycles. The second-order valence-corrected chi connectivity index (χ2v) is 10.3. The van der Waals surface area contributed by atoms with Crippen molar-refractivity contribution in [1.29, 1.82) is 0 Å². The van der Waals surface area contributed by atoms with Gasteiger partial charge in [-0.25, -0.2) is 14.4 Å². The van der Waals surface area contributed by atoms with Crippen molar-refractivity contribution < 1.29 is 14.3 Å². The van der Waals surface area contributed by atoms with Gasteiger partial charge in [0.1, 0.15) is 17.1 Å². The van der Waals surface area contributed by atoms with E-state index in [0.29, 0.717) is 56.1 Å². The normalized spacial score (nSPS) is 14.1. The summed E-state index contributed by atoms with van der Waals surface area (Å²) in [7, 11) is 0. The number of phenols is 1. The zero-order valence-corrected chi connectivity index (χ0v) is 21.9. The number of imidazole rings is 1. The number of aromatic nitrogens is 7.